The minimum atomic E-state index is -3.73. The summed E-state index contributed by atoms with van der Waals surface area (Å²) in [5, 5.41) is 7.72. The maximum atomic E-state index is 11.7. The van der Waals surface area contributed by atoms with E-state index >= 15 is 0 Å². The fourth-order valence-electron chi connectivity index (χ4n) is 1.12. The Morgan fingerprint density at radius 1 is 1.53 bits per heavy atom. The Labute approximate surface area is 105 Å². The van der Waals surface area contributed by atoms with Gasteiger partial charge in [-0.3, -0.25) is 4.72 Å². The van der Waals surface area contributed by atoms with Crippen LogP contribution in [0, 0.1) is 18.3 Å². The van der Waals surface area contributed by atoms with Crippen molar-refractivity contribution in [3.63, 3.8) is 0 Å². The smallest absolute Gasteiger partial charge is 0.248 e. The number of nitrogen functional groups attached to an aromatic ring is 1. The molecule has 0 spiro atoms. The molecule has 0 radical (unpaired) electrons. The molecule has 1 unspecified atom stereocenters. The Bertz CT molecular complexity index is 578. The summed E-state index contributed by atoms with van der Waals surface area (Å²) in [5.74, 6) is 0. The maximum Gasteiger partial charge on any atom is 0.248 e. The molecule has 0 aromatic heterocycles. The highest BCUT2D eigenvalue weighted by atomic mass is 35.5. The Balaban J connectivity index is 3.14. The molecule has 5 nitrogen and oxygen atoms in total. The Morgan fingerprint density at radius 2 is 2.12 bits per heavy atom. The molecule has 0 bridgehead atoms. The quantitative estimate of drug-likeness (QED) is 0.822. The van der Waals surface area contributed by atoms with Crippen molar-refractivity contribution in [2.45, 2.75) is 19.1 Å². The number of aryl methyl sites for hydroxylation is 1. The Morgan fingerprint density at radius 3 is 2.65 bits per heavy atom. The third-order valence-electron chi connectivity index (χ3n) is 2.24. The highest BCUT2D eigenvalue weighted by Gasteiger charge is 2.21. The minimum Gasteiger partial charge on any atom is -0.398 e. The molecule has 17 heavy (non-hydrogen) atoms. The number of nitrogens with zero attached hydrogens (tertiary/aromatic N) is 1. The van der Waals surface area contributed by atoms with E-state index in [0.29, 0.717) is 16.9 Å². The predicted octanol–water partition coefficient (Wildman–Crippen LogP) is 1.88. The van der Waals surface area contributed by atoms with Crippen molar-refractivity contribution in [3.05, 3.63) is 22.7 Å². The highest BCUT2D eigenvalue weighted by molar-refractivity contribution is 7.93. The van der Waals surface area contributed by atoms with Crippen LogP contribution in [0.1, 0.15) is 12.5 Å². The standard InChI is InChI=1S/C10H12ClN3O2S/c1-6-3-9(13)8(11)4-10(6)14-17(15,16)7(2)5-12/h3-4,7,14H,13H2,1-2H3. The van der Waals surface area contributed by atoms with Crippen LogP contribution in [-0.2, 0) is 10.0 Å². The van der Waals surface area contributed by atoms with Crippen LogP contribution in [0.25, 0.3) is 0 Å². The van der Waals surface area contributed by atoms with E-state index in [4.69, 9.17) is 22.6 Å². The number of nitrogens with one attached hydrogen (secondary N) is 1. The first-order chi connectivity index (χ1) is 7.77. The van der Waals surface area contributed by atoms with Crippen LogP contribution < -0.4 is 10.5 Å². The van der Waals surface area contributed by atoms with Crippen molar-refractivity contribution >= 4 is 33.0 Å². The Hall–Kier alpha value is -1.45. The molecule has 1 rings (SSSR count). The number of nitriles is 1. The molecule has 7 heteroatoms. The lowest BCUT2D eigenvalue weighted by atomic mass is 10.2. The first-order valence-corrected chi connectivity index (χ1v) is 6.67. The number of hydrogen-bond donors (Lipinski definition) is 2. The molecule has 1 aromatic rings. The van der Waals surface area contributed by atoms with Gasteiger partial charge in [0.15, 0.2) is 5.25 Å². The third-order valence-corrected chi connectivity index (χ3v) is 4.11. The second kappa shape index (κ2) is 4.82. The molecule has 3 N–H and O–H groups in total. The lowest BCUT2D eigenvalue weighted by molar-refractivity contribution is 0.597. The SMILES string of the molecule is Cc1cc(N)c(Cl)cc1NS(=O)(=O)C(C)C#N. The van der Waals surface area contributed by atoms with Gasteiger partial charge in [-0.2, -0.15) is 5.26 Å². The normalized spacial score (nSPS) is 12.8. The van der Waals surface area contributed by atoms with Crippen molar-refractivity contribution in [3.8, 4) is 6.07 Å². The van der Waals surface area contributed by atoms with Crippen LogP contribution in [0.4, 0.5) is 11.4 Å². The largest absolute Gasteiger partial charge is 0.398 e. The van der Waals surface area contributed by atoms with Gasteiger partial charge in [-0.25, -0.2) is 8.42 Å². The van der Waals surface area contributed by atoms with Gasteiger partial charge in [0.05, 0.1) is 22.5 Å². The van der Waals surface area contributed by atoms with Crippen LogP contribution in [0.2, 0.25) is 5.02 Å². The van der Waals surface area contributed by atoms with E-state index in [2.05, 4.69) is 4.72 Å². The number of anilines is 2. The summed E-state index contributed by atoms with van der Waals surface area (Å²) < 4.78 is 25.7. The third kappa shape index (κ3) is 3.02. The molecule has 92 valence electrons. The molecule has 0 amide bonds. The molecule has 0 heterocycles. The molecular formula is C10H12ClN3O2S. The maximum absolute atomic E-state index is 11.7. The van der Waals surface area contributed by atoms with Crippen molar-refractivity contribution in [1.29, 1.82) is 5.26 Å². The topological polar surface area (TPSA) is 96.0 Å². The average molecular weight is 274 g/mol. The lowest BCUT2D eigenvalue weighted by Crippen LogP contribution is -2.24. The summed E-state index contributed by atoms with van der Waals surface area (Å²) in [6.45, 7) is 3.00. The van der Waals surface area contributed by atoms with Gasteiger partial charge in [0.2, 0.25) is 10.0 Å². The van der Waals surface area contributed by atoms with Crippen LogP contribution in [0.5, 0.6) is 0 Å². The number of benzene rings is 1. The number of nitrogens with two attached hydrogens (primary N) is 1. The van der Waals surface area contributed by atoms with Crippen LogP contribution in [0.3, 0.4) is 0 Å². The summed E-state index contributed by atoms with van der Waals surface area (Å²) in [4.78, 5) is 0. The second-order valence-electron chi connectivity index (χ2n) is 3.61. The van der Waals surface area contributed by atoms with Crippen molar-refractivity contribution in [1.82, 2.24) is 0 Å². The number of rotatable bonds is 3. The van der Waals surface area contributed by atoms with Gasteiger partial charge in [-0.15, -0.1) is 0 Å². The number of halogens is 1. The fraction of sp³-hybridized carbons (Fsp3) is 0.300. The number of hydrogen-bond acceptors (Lipinski definition) is 4. The van der Waals surface area contributed by atoms with Crippen LogP contribution in [-0.4, -0.2) is 13.7 Å². The van der Waals surface area contributed by atoms with E-state index in [-0.39, 0.29) is 5.02 Å². The summed E-state index contributed by atoms with van der Waals surface area (Å²) in [5.41, 5.74) is 6.92. The first-order valence-electron chi connectivity index (χ1n) is 4.75. The second-order valence-corrected chi connectivity index (χ2v) is 6.02. The zero-order valence-corrected chi connectivity index (χ0v) is 10.9. The Kier molecular flexibility index (Phi) is 3.86. The lowest BCUT2D eigenvalue weighted by Gasteiger charge is -2.12. The molecule has 1 aromatic carbocycles. The van der Waals surface area contributed by atoms with Gasteiger partial charge in [0, 0.05) is 0 Å². The molecule has 1 atom stereocenters. The predicted molar refractivity (Wildman–Crippen MR) is 68.2 cm³/mol. The number of sulfonamides is 1. The summed E-state index contributed by atoms with van der Waals surface area (Å²) in [7, 11) is -3.73. The van der Waals surface area contributed by atoms with E-state index in [9.17, 15) is 8.42 Å². The van der Waals surface area contributed by atoms with E-state index in [1.807, 2.05) is 0 Å². The zero-order chi connectivity index (χ0) is 13.2. The molecule has 0 saturated carbocycles. The van der Waals surface area contributed by atoms with E-state index in [0.717, 1.165) is 0 Å². The summed E-state index contributed by atoms with van der Waals surface area (Å²) in [6, 6.07) is 4.65. The monoisotopic (exact) mass is 273 g/mol. The van der Waals surface area contributed by atoms with Crippen molar-refractivity contribution in [2.75, 3.05) is 10.5 Å². The van der Waals surface area contributed by atoms with E-state index < -0.39 is 15.3 Å². The average Bonchev–Trinajstić information content (AvgIpc) is 2.24. The van der Waals surface area contributed by atoms with Crippen molar-refractivity contribution < 1.29 is 8.42 Å². The van der Waals surface area contributed by atoms with Crippen molar-refractivity contribution in [2.24, 2.45) is 0 Å². The van der Waals surface area contributed by atoms with E-state index in [1.54, 1.807) is 19.1 Å². The fourth-order valence-corrected chi connectivity index (χ4v) is 2.13. The first kappa shape index (κ1) is 13.6. The molecule has 0 aliphatic heterocycles. The summed E-state index contributed by atoms with van der Waals surface area (Å²) >= 11 is 5.80. The van der Waals surface area contributed by atoms with Crippen LogP contribution >= 0.6 is 11.6 Å². The minimum absolute atomic E-state index is 0.262. The summed E-state index contributed by atoms with van der Waals surface area (Å²) in [6.07, 6.45) is 0. The van der Waals surface area contributed by atoms with Gasteiger partial charge in [-0.05, 0) is 31.5 Å². The molecule has 0 saturated heterocycles. The van der Waals surface area contributed by atoms with E-state index in [1.165, 1.54) is 13.0 Å². The zero-order valence-electron chi connectivity index (χ0n) is 9.36. The van der Waals surface area contributed by atoms with Crippen LogP contribution in [0.15, 0.2) is 12.1 Å². The highest BCUT2D eigenvalue weighted by Crippen LogP contribution is 2.27. The molecule has 0 aliphatic carbocycles. The van der Waals surface area contributed by atoms with Gasteiger partial charge in [0.25, 0.3) is 0 Å². The molecular weight excluding hydrogens is 262 g/mol. The van der Waals surface area contributed by atoms with Gasteiger partial charge < -0.3 is 5.73 Å². The molecule has 0 aliphatic rings. The molecule has 0 fully saturated rings. The van der Waals surface area contributed by atoms with Gasteiger partial charge in [0.1, 0.15) is 0 Å². The van der Waals surface area contributed by atoms with Gasteiger partial charge in [-0.1, -0.05) is 11.6 Å². The van der Waals surface area contributed by atoms with Gasteiger partial charge >= 0.3 is 0 Å².